The van der Waals surface area contributed by atoms with Gasteiger partial charge in [-0.25, -0.2) is 12.8 Å². The molecular formula is C12H13FO5S. The van der Waals surface area contributed by atoms with Gasteiger partial charge in [0.15, 0.2) is 9.84 Å². The first-order valence-electron chi connectivity index (χ1n) is 5.53. The molecule has 2 N–H and O–H groups in total. The van der Waals surface area contributed by atoms with Crippen LogP contribution in [0.25, 0.3) is 0 Å². The summed E-state index contributed by atoms with van der Waals surface area (Å²) in [5, 5.41) is 17.4. The molecule has 1 aliphatic carbocycles. The van der Waals surface area contributed by atoms with Gasteiger partial charge in [-0.05, 0) is 17.7 Å². The van der Waals surface area contributed by atoms with Gasteiger partial charge in [0, 0.05) is 12.2 Å². The van der Waals surface area contributed by atoms with Crippen molar-refractivity contribution in [1.82, 2.24) is 0 Å². The van der Waals surface area contributed by atoms with E-state index in [9.17, 15) is 27.8 Å². The number of carboxylic acids is 1. The van der Waals surface area contributed by atoms with Crippen LogP contribution in [0.3, 0.4) is 0 Å². The smallest absolute Gasteiger partial charge is 0.314 e. The van der Waals surface area contributed by atoms with Crippen LogP contribution < -0.4 is 0 Å². The van der Waals surface area contributed by atoms with Crippen LogP contribution in [0.15, 0.2) is 24.3 Å². The minimum Gasteiger partial charge on any atom is -0.481 e. The fourth-order valence-corrected chi connectivity index (χ4v) is 4.59. The molecule has 0 saturated heterocycles. The first-order valence-corrected chi connectivity index (χ1v) is 7.49. The number of halogens is 1. The van der Waals surface area contributed by atoms with Crippen molar-refractivity contribution in [1.29, 1.82) is 0 Å². The highest BCUT2D eigenvalue weighted by Crippen LogP contribution is 2.62. The van der Waals surface area contributed by atoms with Gasteiger partial charge >= 0.3 is 5.97 Å². The molecule has 7 heteroatoms. The molecule has 0 bridgehead atoms. The second-order valence-corrected chi connectivity index (χ2v) is 6.95. The molecule has 19 heavy (non-hydrogen) atoms. The number of aliphatic hydroxyl groups excluding tert-OH is 1. The third kappa shape index (κ3) is 2.02. The van der Waals surface area contributed by atoms with Crippen molar-refractivity contribution in [2.24, 2.45) is 5.41 Å². The summed E-state index contributed by atoms with van der Waals surface area (Å²) in [7, 11) is -3.64. The van der Waals surface area contributed by atoms with Crippen LogP contribution in [0.5, 0.6) is 0 Å². The van der Waals surface area contributed by atoms with E-state index < -0.39 is 44.8 Å². The van der Waals surface area contributed by atoms with E-state index in [2.05, 4.69) is 0 Å². The van der Waals surface area contributed by atoms with Crippen molar-refractivity contribution in [3.8, 4) is 0 Å². The molecule has 3 atom stereocenters. The van der Waals surface area contributed by atoms with E-state index in [0.29, 0.717) is 5.56 Å². The topological polar surface area (TPSA) is 91.7 Å². The molecule has 1 fully saturated rings. The van der Waals surface area contributed by atoms with E-state index in [1.54, 1.807) is 0 Å². The number of carboxylic acid groups (broad SMARTS) is 1. The van der Waals surface area contributed by atoms with E-state index in [4.69, 9.17) is 0 Å². The molecule has 0 spiro atoms. The first kappa shape index (κ1) is 14.0. The molecule has 0 unspecified atom stereocenters. The molecule has 5 nitrogen and oxygen atoms in total. The fraction of sp³-hybridized carbons (Fsp3) is 0.417. The van der Waals surface area contributed by atoms with Gasteiger partial charge in [0.05, 0.1) is 11.9 Å². The Morgan fingerprint density at radius 1 is 1.37 bits per heavy atom. The number of carbonyl (C=O) groups is 1. The molecule has 0 aromatic heterocycles. The minimum atomic E-state index is -3.64. The van der Waals surface area contributed by atoms with Gasteiger partial charge in [-0.3, -0.25) is 4.79 Å². The zero-order valence-corrected chi connectivity index (χ0v) is 10.9. The average molecular weight is 288 g/mol. The summed E-state index contributed by atoms with van der Waals surface area (Å²) >= 11 is 0. The van der Waals surface area contributed by atoms with Crippen LogP contribution in [-0.4, -0.2) is 42.7 Å². The van der Waals surface area contributed by atoms with Crippen molar-refractivity contribution in [3.05, 3.63) is 35.6 Å². The summed E-state index contributed by atoms with van der Waals surface area (Å²) in [5.41, 5.74) is -1.33. The molecule has 1 aliphatic rings. The molecular weight excluding hydrogens is 275 g/mol. The van der Waals surface area contributed by atoms with Crippen LogP contribution in [-0.2, 0) is 14.6 Å². The summed E-state index contributed by atoms with van der Waals surface area (Å²) in [5.74, 6) is -2.71. The Kier molecular flexibility index (Phi) is 3.14. The van der Waals surface area contributed by atoms with Gasteiger partial charge in [-0.15, -0.1) is 0 Å². The Balaban J connectivity index is 2.50. The van der Waals surface area contributed by atoms with Crippen LogP contribution in [0.1, 0.15) is 11.5 Å². The molecule has 1 saturated carbocycles. The summed E-state index contributed by atoms with van der Waals surface area (Å²) in [6.45, 7) is -0.776. The second kappa shape index (κ2) is 4.28. The van der Waals surface area contributed by atoms with E-state index in [-0.39, 0.29) is 0 Å². The third-order valence-corrected chi connectivity index (χ3v) is 5.22. The Hall–Kier alpha value is -1.47. The normalized spacial score (nSPS) is 30.1. The lowest BCUT2D eigenvalue weighted by Gasteiger charge is -2.08. The van der Waals surface area contributed by atoms with E-state index in [1.165, 1.54) is 12.1 Å². The lowest BCUT2D eigenvalue weighted by atomic mass is 10.0. The van der Waals surface area contributed by atoms with Gasteiger partial charge in [-0.1, -0.05) is 12.1 Å². The second-order valence-electron chi connectivity index (χ2n) is 4.78. The highest BCUT2D eigenvalue weighted by atomic mass is 32.2. The number of aliphatic hydroxyl groups is 1. The van der Waals surface area contributed by atoms with E-state index in [1.807, 2.05) is 0 Å². The highest BCUT2D eigenvalue weighted by Gasteiger charge is 2.74. The predicted octanol–water partition coefficient (Wildman–Crippen LogP) is 0.399. The van der Waals surface area contributed by atoms with Gasteiger partial charge in [0.1, 0.15) is 11.2 Å². The number of aliphatic carboxylic acids is 1. The lowest BCUT2D eigenvalue weighted by molar-refractivity contribution is -0.145. The molecule has 0 amide bonds. The summed E-state index contributed by atoms with van der Waals surface area (Å²) in [4.78, 5) is 11.3. The zero-order chi connectivity index (χ0) is 14.4. The maximum absolute atomic E-state index is 12.9. The van der Waals surface area contributed by atoms with Gasteiger partial charge in [0.2, 0.25) is 0 Å². The largest absolute Gasteiger partial charge is 0.481 e. The van der Waals surface area contributed by atoms with Gasteiger partial charge in [-0.2, -0.15) is 0 Å². The quantitative estimate of drug-likeness (QED) is 0.836. The number of hydrogen-bond donors (Lipinski definition) is 2. The average Bonchev–Trinajstić information content (AvgIpc) is 3.00. The molecule has 0 radical (unpaired) electrons. The fourth-order valence-electron chi connectivity index (χ4n) is 2.69. The predicted molar refractivity (Wildman–Crippen MR) is 64.9 cm³/mol. The Morgan fingerprint density at radius 3 is 2.21 bits per heavy atom. The molecule has 2 rings (SSSR count). The van der Waals surface area contributed by atoms with E-state index >= 15 is 0 Å². The number of hydrogen-bond acceptors (Lipinski definition) is 4. The number of benzene rings is 1. The molecule has 1 aromatic carbocycles. The van der Waals surface area contributed by atoms with Crippen LogP contribution in [0, 0.1) is 11.2 Å². The Morgan fingerprint density at radius 2 is 1.89 bits per heavy atom. The lowest BCUT2D eigenvalue weighted by Crippen LogP contribution is -2.27. The molecule has 1 aromatic rings. The van der Waals surface area contributed by atoms with Crippen molar-refractivity contribution in [3.63, 3.8) is 0 Å². The van der Waals surface area contributed by atoms with E-state index in [0.717, 1.165) is 18.4 Å². The van der Waals surface area contributed by atoms with Crippen molar-refractivity contribution in [2.45, 2.75) is 11.2 Å². The zero-order valence-electron chi connectivity index (χ0n) is 10.1. The van der Waals surface area contributed by atoms with Gasteiger partial charge < -0.3 is 10.2 Å². The first-order chi connectivity index (χ1) is 8.75. The van der Waals surface area contributed by atoms with Crippen molar-refractivity contribution in [2.75, 3.05) is 12.9 Å². The van der Waals surface area contributed by atoms with Crippen LogP contribution in [0.2, 0.25) is 0 Å². The van der Waals surface area contributed by atoms with Crippen molar-refractivity contribution < 1.29 is 27.8 Å². The summed E-state index contributed by atoms with van der Waals surface area (Å²) in [6.07, 6.45) is 0.939. The summed E-state index contributed by atoms with van der Waals surface area (Å²) < 4.78 is 36.2. The Bertz CT molecular complexity index is 610. The van der Waals surface area contributed by atoms with Gasteiger partial charge in [0.25, 0.3) is 0 Å². The third-order valence-electron chi connectivity index (χ3n) is 3.61. The minimum absolute atomic E-state index is 0.397. The molecule has 0 heterocycles. The number of sulfone groups is 1. The molecule has 0 aliphatic heterocycles. The number of rotatable bonds is 4. The molecule has 104 valence electrons. The maximum atomic E-state index is 12.9. The monoisotopic (exact) mass is 288 g/mol. The maximum Gasteiger partial charge on any atom is 0.314 e. The van der Waals surface area contributed by atoms with Crippen molar-refractivity contribution >= 4 is 15.8 Å². The highest BCUT2D eigenvalue weighted by molar-refractivity contribution is 7.91. The summed E-state index contributed by atoms with van der Waals surface area (Å²) in [6, 6.07) is 4.96. The standard InChI is InChI=1S/C12H13FO5S/c1-19(17,18)10-9(12(10,6-14)11(15)16)7-2-4-8(13)5-3-7/h2-5,9-10,14H,6H2,1H3,(H,15,16)/t9-,10+,12-/m1/s1. The Labute approximate surface area is 109 Å². The van der Waals surface area contributed by atoms with Crippen LogP contribution in [0.4, 0.5) is 4.39 Å². The SMILES string of the molecule is CS(=O)(=O)[C@H]1[C@@H](c2ccc(F)cc2)[C@@]1(CO)C(=O)O. The van der Waals surface area contributed by atoms with Crippen LogP contribution >= 0.6 is 0 Å².